The van der Waals surface area contributed by atoms with Crippen LogP contribution in [0.1, 0.15) is 58.3 Å². The molecule has 0 radical (unpaired) electrons. The number of nitrogens with two attached hydrogens (primary N) is 2. The monoisotopic (exact) mass is 286 g/mol. The van der Waals surface area contributed by atoms with Gasteiger partial charge >= 0.3 is 0 Å². The van der Waals surface area contributed by atoms with E-state index >= 15 is 0 Å². The zero-order chi connectivity index (χ0) is 15.2. The number of rotatable bonds is 12. The summed E-state index contributed by atoms with van der Waals surface area (Å²) < 4.78 is 0. The third kappa shape index (κ3) is 10.8. The van der Waals surface area contributed by atoms with Crippen molar-refractivity contribution in [2.45, 2.75) is 64.5 Å². The molecule has 2 amide bonds. The summed E-state index contributed by atoms with van der Waals surface area (Å²) in [6.45, 7) is 3.11. The molecule has 0 spiro atoms. The van der Waals surface area contributed by atoms with Gasteiger partial charge < -0.3 is 22.1 Å². The second-order valence-electron chi connectivity index (χ2n) is 4.97. The number of carbonyl (C=O) groups is 2. The SMILES string of the molecule is CCCCCC(NC(=O)CCCN)NC(=O)CCCN. The maximum absolute atomic E-state index is 11.7. The summed E-state index contributed by atoms with van der Waals surface area (Å²) in [6, 6.07) is 0. The molecular formula is C14H30N4O2. The minimum Gasteiger partial charge on any atom is -0.336 e. The molecule has 0 aliphatic carbocycles. The van der Waals surface area contributed by atoms with Crippen molar-refractivity contribution >= 4 is 11.8 Å². The number of hydrogen-bond acceptors (Lipinski definition) is 4. The van der Waals surface area contributed by atoms with Crippen molar-refractivity contribution in [3.8, 4) is 0 Å². The normalized spacial score (nSPS) is 10.6. The van der Waals surface area contributed by atoms with Gasteiger partial charge in [0.25, 0.3) is 0 Å². The van der Waals surface area contributed by atoms with E-state index in [4.69, 9.17) is 11.5 Å². The van der Waals surface area contributed by atoms with Gasteiger partial charge in [-0.25, -0.2) is 0 Å². The number of nitrogens with one attached hydrogen (secondary N) is 2. The second kappa shape index (κ2) is 12.9. The van der Waals surface area contributed by atoms with Crippen LogP contribution in [0.15, 0.2) is 0 Å². The smallest absolute Gasteiger partial charge is 0.221 e. The van der Waals surface area contributed by atoms with Crippen LogP contribution in [0, 0.1) is 0 Å². The summed E-state index contributed by atoms with van der Waals surface area (Å²) in [5, 5.41) is 5.72. The van der Waals surface area contributed by atoms with Gasteiger partial charge in [-0.2, -0.15) is 0 Å². The maximum Gasteiger partial charge on any atom is 0.221 e. The molecule has 6 nitrogen and oxygen atoms in total. The fraction of sp³-hybridized carbons (Fsp3) is 0.857. The van der Waals surface area contributed by atoms with Gasteiger partial charge in [-0.1, -0.05) is 19.8 Å². The average molecular weight is 286 g/mol. The molecule has 0 aromatic heterocycles. The molecule has 0 aliphatic heterocycles. The van der Waals surface area contributed by atoms with Gasteiger partial charge in [0.15, 0.2) is 0 Å². The number of hydrogen-bond donors (Lipinski definition) is 4. The van der Waals surface area contributed by atoms with Gasteiger partial charge in [-0.3, -0.25) is 9.59 Å². The van der Waals surface area contributed by atoms with Crippen LogP contribution in [0.2, 0.25) is 0 Å². The highest BCUT2D eigenvalue weighted by Crippen LogP contribution is 2.03. The van der Waals surface area contributed by atoms with Crippen LogP contribution < -0.4 is 22.1 Å². The molecule has 0 bridgehead atoms. The quantitative estimate of drug-likeness (QED) is 0.311. The first-order chi connectivity index (χ1) is 9.63. The number of amides is 2. The van der Waals surface area contributed by atoms with E-state index in [1.54, 1.807) is 0 Å². The highest BCUT2D eigenvalue weighted by Gasteiger charge is 2.14. The molecule has 6 N–H and O–H groups in total. The minimum absolute atomic E-state index is 0.0592. The van der Waals surface area contributed by atoms with E-state index in [2.05, 4.69) is 17.6 Å². The Labute approximate surface area is 122 Å². The molecule has 0 atom stereocenters. The van der Waals surface area contributed by atoms with Crippen molar-refractivity contribution < 1.29 is 9.59 Å². The Morgan fingerprint density at radius 3 is 1.80 bits per heavy atom. The van der Waals surface area contributed by atoms with Gasteiger partial charge in [0, 0.05) is 12.8 Å². The van der Waals surface area contributed by atoms with E-state index in [9.17, 15) is 9.59 Å². The zero-order valence-corrected chi connectivity index (χ0v) is 12.6. The Morgan fingerprint density at radius 2 is 1.40 bits per heavy atom. The van der Waals surface area contributed by atoms with Gasteiger partial charge in [0.1, 0.15) is 6.17 Å². The first-order valence-electron chi connectivity index (χ1n) is 7.62. The summed E-state index contributed by atoms with van der Waals surface area (Å²) in [5.74, 6) is -0.118. The maximum atomic E-state index is 11.7. The van der Waals surface area contributed by atoms with Crippen molar-refractivity contribution in [1.82, 2.24) is 10.6 Å². The highest BCUT2D eigenvalue weighted by molar-refractivity contribution is 5.79. The first kappa shape index (κ1) is 18.9. The molecule has 0 saturated heterocycles. The molecular weight excluding hydrogens is 256 g/mol. The lowest BCUT2D eigenvalue weighted by atomic mass is 10.1. The van der Waals surface area contributed by atoms with Gasteiger partial charge in [0.2, 0.25) is 11.8 Å². The largest absolute Gasteiger partial charge is 0.336 e. The van der Waals surface area contributed by atoms with Crippen molar-refractivity contribution in [1.29, 1.82) is 0 Å². The second-order valence-corrected chi connectivity index (χ2v) is 4.97. The molecule has 0 fully saturated rings. The Morgan fingerprint density at radius 1 is 0.900 bits per heavy atom. The molecule has 118 valence electrons. The Bertz CT molecular complexity index is 250. The van der Waals surface area contributed by atoms with Gasteiger partial charge in [-0.05, 0) is 38.8 Å². The zero-order valence-electron chi connectivity index (χ0n) is 12.6. The van der Waals surface area contributed by atoms with Crippen LogP contribution >= 0.6 is 0 Å². The van der Waals surface area contributed by atoms with E-state index in [0.29, 0.717) is 38.8 Å². The predicted octanol–water partition coefficient (Wildman–Crippen LogP) is 0.603. The first-order valence-corrected chi connectivity index (χ1v) is 7.62. The minimum atomic E-state index is -0.280. The highest BCUT2D eigenvalue weighted by atomic mass is 16.2. The van der Waals surface area contributed by atoms with Crippen molar-refractivity contribution in [3.63, 3.8) is 0 Å². The van der Waals surface area contributed by atoms with Crippen molar-refractivity contribution in [3.05, 3.63) is 0 Å². The summed E-state index contributed by atoms with van der Waals surface area (Å²) in [7, 11) is 0. The number of unbranched alkanes of at least 4 members (excludes halogenated alkanes) is 2. The fourth-order valence-electron chi connectivity index (χ4n) is 1.84. The van der Waals surface area contributed by atoms with E-state index in [-0.39, 0.29) is 18.0 Å². The average Bonchev–Trinajstić information content (AvgIpc) is 2.43. The number of carbonyl (C=O) groups excluding carboxylic acids is 2. The summed E-state index contributed by atoms with van der Waals surface area (Å²) in [6.07, 6.45) is 5.79. The predicted molar refractivity (Wildman–Crippen MR) is 80.8 cm³/mol. The molecule has 0 aromatic carbocycles. The van der Waals surface area contributed by atoms with E-state index in [1.165, 1.54) is 0 Å². The Balaban J connectivity index is 4.17. The van der Waals surface area contributed by atoms with Crippen molar-refractivity contribution in [2.75, 3.05) is 13.1 Å². The van der Waals surface area contributed by atoms with Crippen LogP contribution in [0.4, 0.5) is 0 Å². The lowest BCUT2D eigenvalue weighted by Crippen LogP contribution is -2.48. The molecule has 0 saturated carbocycles. The topological polar surface area (TPSA) is 110 Å². The van der Waals surface area contributed by atoms with E-state index in [0.717, 1.165) is 25.7 Å². The van der Waals surface area contributed by atoms with Crippen LogP contribution in [0.5, 0.6) is 0 Å². The standard InChI is InChI=1S/C14H30N4O2/c1-2-3-4-7-12(17-13(19)8-5-10-15)18-14(20)9-6-11-16/h12H,2-11,15-16H2,1H3,(H,17,19)(H,18,20). The molecule has 0 heterocycles. The molecule has 0 unspecified atom stereocenters. The Hall–Kier alpha value is -1.14. The molecule has 20 heavy (non-hydrogen) atoms. The molecule has 0 aromatic rings. The third-order valence-corrected chi connectivity index (χ3v) is 2.98. The van der Waals surface area contributed by atoms with Crippen LogP contribution in [0.25, 0.3) is 0 Å². The lowest BCUT2D eigenvalue weighted by Gasteiger charge is -2.20. The van der Waals surface area contributed by atoms with E-state index < -0.39 is 0 Å². The van der Waals surface area contributed by atoms with Crippen LogP contribution in [-0.4, -0.2) is 31.1 Å². The fourth-order valence-corrected chi connectivity index (χ4v) is 1.84. The van der Waals surface area contributed by atoms with E-state index in [1.807, 2.05) is 0 Å². The van der Waals surface area contributed by atoms with Gasteiger partial charge in [-0.15, -0.1) is 0 Å². The van der Waals surface area contributed by atoms with Gasteiger partial charge in [0.05, 0.1) is 0 Å². The van der Waals surface area contributed by atoms with Crippen LogP contribution in [-0.2, 0) is 9.59 Å². The summed E-state index contributed by atoms with van der Waals surface area (Å²) in [4.78, 5) is 23.4. The molecule has 6 heteroatoms. The summed E-state index contributed by atoms with van der Waals surface area (Å²) >= 11 is 0. The molecule has 0 rings (SSSR count). The lowest BCUT2D eigenvalue weighted by molar-refractivity contribution is -0.124. The van der Waals surface area contributed by atoms with Crippen LogP contribution in [0.3, 0.4) is 0 Å². The molecule has 0 aliphatic rings. The van der Waals surface area contributed by atoms with Crippen molar-refractivity contribution in [2.24, 2.45) is 11.5 Å². The summed E-state index contributed by atoms with van der Waals surface area (Å²) in [5.41, 5.74) is 10.8. The third-order valence-electron chi connectivity index (χ3n) is 2.98. The Kier molecular flexibility index (Phi) is 12.1.